The maximum Gasteiger partial charge on any atom is 0.417 e. The summed E-state index contributed by atoms with van der Waals surface area (Å²) < 4.78 is 42.9. The van der Waals surface area contributed by atoms with Crippen LogP contribution in [0.5, 0.6) is 5.75 Å². The molecule has 17 heavy (non-hydrogen) atoms. The van der Waals surface area contributed by atoms with E-state index in [0.717, 1.165) is 19.2 Å². The molecule has 93 valence electrons. The van der Waals surface area contributed by atoms with Crippen LogP contribution < -0.4 is 10.1 Å². The molecule has 1 saturated heterocycles. The van der Waals surface area contributed by atoms with Gasteiger partial charge >= 0.3 is 6.18 Å². The van der Waals surface area contributed by atoms with Gasteiger partial charge in [-0.1, -0.05) is 11.6 Å². The summed E-state index contributed by atoms with van der Waals surface area (Å²) in [6.45, 7) is 1.84. The van der Waals surface area contributed by atoms with Gasteiger partial charge in [0.2, 0.25) is 0 Å². The summed E-state index contributed by atoms with van der Waals surface area (Å²) in [4.78, 5) is 0. The van der Waals surface area contributed by atoms with Crippen molar-refractivity contribution in [1.29, 1.82) is 0 Å². The highest BCUT2D eigenvalue weighted by molar-refractivity contribution is 6.31. The lowest BCUT2D eigenvalue weighted by molar-refractivity contribution is -0.137. The van der Waals surface area contributed by atoms with E-state index in [1.165, 1.54) is 12.1 Å². The van der Waals surface area contributed by atoms with Gasteiger partial charge in [-0.15, -0.1) is 0 Å². The average Bonchev–Trinajstić information content (AvgIpc) is 2.16. The topological polar surface area (TPSA) is 23.3 Å². The molecule has 6 heteroatoms. The third-order valence-electron chi connectivity index (χ3n) is 2.50. The van der Waals surface area contributed by atoms with Gasteiger partial charge in [-0.3, -0.25) is 0 Å². The third-order valence-corrected chi connectivity index (χ3v) is 2.83. The first-order valence-corrected chi connectivity index (χ1v) is 5.47. The smallest absolute Gasteiger partial charge is 0.417 e. The summed E-state index contributed by atoms with van der Waals surface area (Å²) in [6, 6.07) is 3.57. The van der Waals surface area contributed by atoms with Crippen LogP contribution >= 0.6 is 11.6 Å². The molecule has 2 rings (SSSR count). The van der Waals surface area contributed by atoms with Crippen LogP contribution in [-0.4, -0.2) is 19.7 Å². The zero-order valence-electron chi connectivity index (χ0n) is 8.80. The van der Waals surface area contributed by atoms with Crippen molar-refractivity contribution in [3.8, 4) is 5.75 Å². The molecule has 0 aromatic heterocycles. The summed E-state index contributed by atoms with van der Waals surface area (Å²) in [5.74, 6) is 0.508. The standard InChI is InChI=1S/C11H10ClF3NO/c12-10-2-1-8(3-9(10)11(13,14)15)17-6-7-4-16-5-7/h1-3,7H,4-6H2. The van der Waals surface area contributed by atoms with Crippen molar-refractivity contribution in [2.45, 2.75) is 6.18 Å². The largest absolute Gasteiger partial charge is 0.493 e. The van der Waals surface area contributed by atoms with Gasteiger partial charge in [-0.2, -0.15) is 13.2 Å². The van der Waals surface area contributed by atoms with Crippen LogP contribution in [0.15, 0.2) is 18.2 Å². The molecule has 0 N–H and O–H groups in total. The molecule has 1 aromatic rings. The number of ether oxygens (including phenoxy) is 1. The Morgan fingerprint density at radius 3 is 2.59 bits per heavy atom. The number of hydrogen-bond acceptors (Lipinski definition) is 1. The molecule has 1 aliphatic heterocycles. The SMILES string of the molecule is FC(F)(F)c1cc(OCC2C[N]C2)ccc1Cl. The van der Waals surface area contributed by atoms with E-state index < -0.39 is 11.7 Å². The van der Waals surface area contributed by atoms with Crippen molar-refractivity contribution < 1.29 is 17.9 Å². The zero-order valence-corrected chi connectivity index (χ0v) is 9.55. The fraction of sp³-hybridized carbons (Fsp3) is 0.455. The van der Waals surface area contributed by atoms with Crippen LogP contribution in [0.3, 0.4) is 0 Å². The molecule has 1 aromatic carbocycles. The van der Waals surface area contributed by atoms with E-state index in [0.29, 0.717) is 12.5 Å². The zero-order chi connectivity index (χ0) is 12.5. The van der Waals surface area contributed by atoms with Crippen molar-refractivity contribution >= 4 is 11.6 Å². The van der Waals surface area contributed by atoms with Gasteiger partial charge in [0.1, 0.15) is 5.75 Å². The van der Waals surface area contributed by atoms with Gasteiger partial charge in [0.15, 0.2) is 0 Å². The maximum absolute atomic E-state index is 12.5. The lowest BCUT2D eigenvalue weighted by Gasteiger charge is -2.25. The summed E-state index contributed by atoms with van der Waals surface area (Å²) in [6.07, 6.45) is -4.46. The molecule has 0 amide bonds. The second-order valence-electron chi connectivity index (χ2n) is 3.91. The summed E-state index contributed by atoms with van der Waals surface area (Å²) in [5.41, 5.74) is -0.866. The van der Waals surface area contributed by atoms with Crippen molar-refractivity contribution in [2.24, 2.45) is 5.92 Å². The molecule has 0 bridgehead atoms. The highest BCUT2D eigenvalue weighted by atomic mass is 35.5. The predicted octanol–water partition coefficient (Wildman–Crippen LogP) is 2.97. The van der Waals surface area contributed by atoms with E-state index in [-0.39, 0.29) is 10.8 Å². The molecule has 0 unspecified atom stereocenters. The molecule has 1 heterocycles. The number of benzene rings is 1. The maximum atomic E-state index is 12.5. The van der Waals surface area contributed by atoms with E-state index in [1.54, 1.807) is 0 Å². The minimum atomic E-state index is -4.46. The number of halogens is 4. The van der Waals surface area contributed by atoms with Crippen molar-refractivity contribution in [3.05, 3.63) is 28.8 Å². The molecule has 0 saturated carbocycles. The highest BCUT2D eigenvalue weighted by Crippen LogP contribution is 2.36. The lowest BCUT2D eigenvalue weighted by Crippen LogP contribution is -2.39. The molecule has 1 aliphatic rings. The van der Waals surface area contributed by atoms with Gasteiger partial charge in [-0.05, 0) is 18.2 Å². The van der Waals surface area contributed by atoms with Crippen molar-refractivity contribution in [2.75, 3.05) is 19.7 Å². The molecule has 2 nitrogen and oxygen atoms in total. The molecule has 1 radical (unpaired) electrons. The summed E-state index contributed by atoms with van der Waals surface area (Å²) in [5, 5.41) is 3.68. The van der Waals surface area contributed by atoms with Gasteiger partial charge in [0.05, 0.1) is 17.2 Å². The Morgan fingerprint density at radius 1 is 1.35 bits per heavy atom. The summed E-state index contributed by atoms with van der Waals surface area (Å²) in [7, 11) is 0. The molecule has 0 aliphatic carbocycles. The number of alkyl halides is 3. The molecule has 0 spiro atoms. The number of nitrogens with zero attached hydrogens (tertiary/aromatic N) is 1. The Morgan fingerprint density at radius 2 is 2.06 bits per heavy atom. The Kier molecular flexibility index (Phi) is 3.49. The van der Waals surface area contributed by atoms with Crippen LogP contribution in [-0.2, 0) is 6.18 Å². The number of rotatable bonds is 3. The van der Waals surface area contributed by atoms with E-state index in [9.17, 15) is 13.2 Å². The third kappa shape index (κ3) is 3.04. The molecular weight excluding hydrogens is 255 g/mol. The minimum absolute atomic E-state index is 0.189. The minimum Gasteiger partial charge on any atom is -0.493 e. The Balaban J connectivity index is 2.07. The average molecular weight is 265 g/mol. The Bertz CT molecular complexity index is 404. The summed E-state index contributed by atoms with van der Waals surface area (Å²) >= 11 is 5.49. The fourth-order valence-corrected chi connectivity index (χ4v) is 1.67. The van der Waals surface area contributed by atoms with Crippen LogP contribution in [0.4, 0.5) is 13.2 Å². The van der Waals surface area contributed by atoms with Crippen LogP contribution in [0.25, 0.3) is 0 Å². The monoisotopic (exact) mass is 264 g/mol. The Hall–Kier alpha value is -0.940. The van der Waals surface area contributed by atoms with Gasteiger partial charge in [-0.25, -0.2) is 5.32 Å². The molecular formula is C11H10ClF3NO. The van der Waals surface area contributed by atoms with E-state index in [4.69, 9.17) is 16.3 Å². The predicted molar refractivity (Wildman–Crippen MR) is 57.3 cm³/mol. The lowest BCUT2D eigenvalue weighted by atomic mass is 10.1. The second kappa shape index (κ2) is 4.74. The first kappa shape index (κ1) is 12.5. The molecule has 1 fully saturated rings. The molecule has 0 atom stereocenters. The van der Waals surface area contributed by atoms with E-state index in [1.807, 2.05) is 0 Å². The van der Waals surface area contributed by atoms with Crippen LogP contribution in [0, 0.1) is 5.92 Å². The fourth-order valence-electron chi connectivity index (χ4n) is 1.44. The Labute approximate surface area is 102 Å². The van der Waals surface area contributed by atoms with E-state index in [2.05, 4.69) is 5.32 Å². The van der Waals surface area contributed by atoms with Gasteiger partial charge in [0, 0.05) is 19.0 Å². The van der Waals surface area contributed by atoms with E-state index >= 15 is 0 Å². The van der Waals surface area contributed by atoms with Crippen molar-refractivity contribution in [1.82, 2.24) is 5.32 Å². The van der Waals surface area contributed by atoms with Gasteiger partial charge < -0.3 is 4.74 Å². The van der Waals surface area contributed by atoms with Gasteiger partial charge in [0.25, 0.3) is 0 Å². The quantitative estimate of drug-likeness (QED) is 0.823. The van der Waals surface area contributed by atoms with Crippen molar-refractivity contribution in [3.63, 3.8) is 0 Å². The first-order valence-electron chi connectivity index (χ1n) is 5.09. The number of hydrogen-bond donors (Lipinski definition) is 0. The first-order chi connectivity index (χ1) is 7.97. The normalized spacial score (nSPS) is 16.7. The van der Waals surface area contributed by atoms with Crippen LogP contribution in [0.2, 0.25) is 5.02 Å². The highest BCUT2D eigenvalue weighted by Gasteiger charge is 2.33. The second-order valence-corrected chi connectivity index (χ2v) is 4.31. The van der Waals surface area contributed by atoms with Crippen LogP contribution in [0.1, 0.15) is 5.56 Å².